The maximum Gasteiger partial charge on any atom is 0.317 e. The van der Waals surface area contributed by atoms with Crippen LogP contribution < -0.4 is 10.2 Å². The fourth-order valence-electron chi connectivity index (χ4n) is 2.87. The van der Waals surface area contributed by atoms with E-state index in [4.69, 9.17) is 0 Å². The van der Waals surface area contributed by atoms with Gasteiger partial charge in [-0.3, -0.25) is 0 Å². The van der Waals surface area contributed by atoms with Crippen molar-refractivity contribution in [2.75, 3.05) is 36.8 Å². The van der Waals surface area contributed by atoms with E-state index in [2.05, 4.69) is 69.1 Å². The largest absolute Gasteiger partial charge is 0.368 e. The van der Waals surface area contributed by atoms with E-state index in [0.717, 1.165) is 31.9 Å². The van der Waals surface area contributed by atoms with E-state index in [1.165, 1.54) is 11.3 Å². The van der Waals surface area contributed by atoms with E-state index in [1.807, 2.05) is 16.7 Å². The van der Waals surface area contributed by atoms with Crippen LogP contribution in [0.25, 0.3) is 0 Å². The molecule has 2 amide bonds. The number of amides is 2. The molecule has 1 atom stereocenters. The van der Waals surface area contributed by atoms with Crippen LogP contribution in [0.2, 0.25) is 0 Å². The Morgan fingerprint density at radius 2 is 1.92 bits per heavy atom. The van der Waals surface area contributed by atoms with Gasteiger partial charge in [0.25, 0.3) is 0 Å². The fraction of sp³-hybridized carbons (Fsp3) is 0.632. The van der Waals surface area contributed by atoms with Gasteiger partial charge in [0.1, 0.15) is 0 Å². The number of piperazine rings is 1. The molecule has 0 saturated carbocycles. The molecule has 5 heteroatoms. The Labute approximate surface area is 151 Å². The molecule has 1 aliphatic heterocycles. The highest BCUT2D eigenvalue weighted by molar-refractivity contribution is 8.00. The maximum atomic E-state index is 12.4. The van der Waals surface area contributed by atoms with Crippen LogP contribution in [0.5, 0.6) is 0 Å². The molecule has 0 spiro atoms. The van der Waals surface area contributed by atoms with Gasteiger partial charge in [0, 0.05) is 48.4 Å². The number of urea groups is 1. The molecule has 0 unspecified atom stereocenters. The van der Waals surface area contributed by atoms with Crippen molar-refractivity contribution in [2.24, 2.45) is 0 Å². The zero-order valence-corrected chi connectivity index (χ0v) is 16.4. The van der Waals surface area contributed by atoms with Crippen molar-refractivity contribution in [2.45, 2.75) is 45.4 Å². The topological polar surface area (TPSA) is 35.6 Å². The van der Waals surface area contributed by atoms with Crippen molar-refractivity contribution in [1.29, 1.82) is 0 Å². The Kier molecular flexibility index (Phi) is 6.44. The quantitative estimate of drug-likeness (QED) is 0.841. The van der Waals surface area contributed by atoms with Gasteiger partial charge in [-0.05, 0) is 26.0 Å². The molecule has 1 saturated heterocycles. The summed E-state index contributed by atoms with van der Waals surface area (Å²) in [6.45, 7) is 14.1. The molecular weight excluding hydrogens is 318 g/mol. The number of hydrogen-bond donors (Lipinski definition) is 1. The molecule has 134 valence electrons. The number of carbonyl (C=O) groups excluding carboxylic acids is 1. The molecule has 2 rings (SSSR count). The third-order valence-electron chi connectivity index (χ3n) is 4.20. The van der Waals surface area contributed by atoms with Gasteiger partial charge in [-0.2, -0.15) is 11.8 Å². The molecule has 0 radical (unpaired) electrons. The van der Waals surface area contributed by atoms with Gasteiger partial charge < -0.3 is 15.1 Å². The van der Waals surface area contributed by atoms with Gasteiger partial charge in [0.2, 0.25) is 0 Å². The first-order valence-corrected chi connectivity index (χ1v) is 9.75. The summed E-state index contributed by atoms with van der Waals surface area (Å²) >= 11 is 1.88. The highest BCUT2D eigenvalue weighted by Crippen LogP contribution is 2.22. The molecule has 0 bridgehead atoms. The average Bonchev–Trinajstić information content (AvgIpc) is 2.51. The third-order valence-corrected chi connectivity index (χ3v) is 5.48. The van der Waals surface area contributed by atoms with Crippen LogP contribution in [-0.2, 0) is 0 Å². The number of benzene rings is 1. The highest BCUT2D eigenvalue weighted by Gasteiger charge is 2.27. The number of hydrogen-bond acceptors (Lipinski definition) is 3. The summed E-state index contributed by atoms with van der Waals surface area (Å²) in [7, 11) is 0. The van der Waals surface area contributed by atoms with E-state index in [0.29, 0.717) is 0 Å². The summed E-state index contributed by atoms with van der Waals surface area (Å²) in [5, 5.41) is 3.07. The van der Waals surface area contributed by atoms with Crippen LogP contribution in [0.3, 0.4) is 0 Å². The first kappa shape index (κ1) is 19.0. The first-order valence-electron chi connectivity index (χ1n) is 8.76. The Balaban J connectivity index is 1.80. The van der Waals surface area contributed by atoms with Crippen LogP contribution in [0.15, 0.2) is 24.3 Å². The Morgan fingerprint density at radius 1 is 1.25 bits per heavy atom. The zero-order chi connectivity index (χ0) is 17.7. The molecule has 0 aromatic heterocycles. The summed E-state index contributed by atoms with van der Waals surface area (Å²) in [6, 6.07) is 8.91. The molecule has 1 fully saturated rings. The second-order valence-corrected chi connectivity index (χ2v) is 9.44. The fourth-order valence-corrected chi connectivity index (χ4v) is 3.68. The molecule has 1 N–H and O–H groups in total. The summed E-state index contributed by atoms with van der Waals surface area (Å²) in [5.74, 6) is 0.951. The zero-order valence-electron chi connectivity index (χ0n) is 15.6. The summed E-state index contributed by atoms with van der Waals surface area (Å²) in [6.07, 6.45) is 0. The van der Waals surface area contributed by atoms with Crippen LogP contribution in [0.1, 0.15) is 33.3 Å². The van der Waals surface area contributed by atoms with Gasteiger partial charge >= 0.3 is 6.03 Å². The predicted molar refractivity (Wildman–Crippen MR) is 105 cm³/mol. The molecule has 1 aromatic carbocycles. The normalized spacial score (nSPS) is 18.6. The van der Waals surface area contributed by atoms with E-state index in [1.54, 1.807) is 0 Å². The first-order chi connectivity index (χ1) is 11.3. The van der Waals surface area contributed by atoms with E-state index in [9.17, 15) is 4.79 Å². The molecule has 1 heterocycles. The number of rotatable bonds is 4. The van der Waals surface area contributed by atoms with Gasteiger partial charge in [-0.1, -0.05) is 38.5 Å². The second kappa shape index (κ2) is 8.15. The predicted octanol–water partition coefficient (Wildman–Crippen LogP) is 3.75. The molecule has 1 aliphatic rings. The number of thioether (sulfide) groups is 1. The van der Waals surface area contributed by atoms with Crippen LogP contribution in [0.4, 0.5) is 10.5 Å². The van der Waals surface area contributed by atoms with Gasteiger partial charge in [-0.15, -0.1) is 0 Å². The summed E-state index contributed by atoms with van der Waals surface area (Å²) in [4.78, 5) is 16.7. The van der Waals surface area contributed by atoms with Crippen LogP contribution >= 0.6 is 11.8 Å². The Morgan fingerprint density at radius 3 is 2.50 bits per heavy atom. The minimum Gasteiger partial charge on any atom is -0.368 e. The van der Waals surface area contributed by atoms with Crippen molar-refractivity contribution in [1.82, 2.24) is 10.2 Å². The average molecular weight is 350 g/mol. The van der Waals surface area contributed by atoms with E-state index in [-0.39, 0.29) is 16.8 Å². The highest BCUT2D eigenvalue weighted by atomic mass is 32.2. The van der Waals surface area contributed by atoms with Crippen LogP contribution in [0, 0.1) is 6.92 Å². The lowest BCUT2D eigenvalue weighted by Gasteiger charge is -2.41. The minimum absolute atomic E-state index is 0.0700. The Bertz CT molecular complexity index is 539. The van der Waals surface area contributed by atoms with Gasteiger partial charge in [-0.25, -0.2) is 4.79 Å². The lowest BCUT2D eigenvalue weighted by Crippen LogP contribution is -2.56. The van der Waals surface area contributed by atoms with Gasteiger partial charge in [0.15, 0.2) is 0 Å². The molecular formula is C19H31N3OS. The maximum absolute atomic E-state index is 12.4. The monoisotopic (exact) mass is 349 g/mol. The third kappa shape index (κ3) is 5.62. The molecule has 4 nitrogen and oxygen atoms in total. The number of carbonyl (C=O) groups is 1. The standard InChI is InChI=1S/C19H31N3OS/c1-15-6-8-17(9-7-15)21-11-12-22(16(2)14-21)18(23)20-10-13-24-19(3,4)5/h6-9,16H,10-14H2,1-5H3,(H,20,23)/t16-/m0/s1. The lowest BCUT2D eigenvalue weighted by molar-refractivity contribution is 0.172. The smallest absolute Gasteiger partial charge is 0.317 e. The lowest BCUT2D eigenvalue weighted by atomic mass is 10.1. The number of nitrogens with one attached hydrogen (secondary N) is 1. The van der Waals surface area contributed by atoms with E-state index < -0.39 is 0 Å². The number of nitrogens with zero attached hydrogens (tertiary/aromatic N) is 2. The number of aryl methyl sites for hydroxylation is 1. The van der Waals surface area contributed by atoms with Crippen molar-refractivity contribution in [3.8, 4) is 0 Å². The van der Waals surface area contributed by atoms with Crippen molar-refractivity contribution < 1.29 is 4.79 Å². The SMILES string of the molecule is Cc1ccc(N2CCN(C(=O)NCCSC(C)(C)C)[C@@H](C)C2)cc1. The van der Waals surface area contributed by atoms with Gasteiger partial charge in [0.05, 0.1) is 0 Å². The number of anilines is 1. The van der Waals surface area contributed by atoms with Crippen molar-refractivity contribution in [3.63, 3.8) is 0 Å². The van der Waals surface area contributed by atoms with Crippen LogP contribution in [-0.4, -0.2) is 53.7 Å². The minimum atomic E-state index is 0.0700. The summed E-state index contributed by atoms with van der Waals surface area (Å²) in [5.41, 5.74) is 2.52. The summed E-state index contributed by atoms with van der Waals surface area (Å²) < 4.78 is 0.248. The molecule has 0 aliphatic carbocycles. The van der Waals surface area contributed by atoms with Crippen molar-refractivity contribution in [3.05, 3.63) is 29.8 Å². The second-order valence-electron chi connectivity index (χ2n) is 7.52. The molecule has 1 aromatic rings. The van der Waals surface area contributed by atoms with Crippen molar-refractivity contribution >= 4 is 23.5 Å². The Hall–Kier alpha value is -1.36. The molecule has 24 heavy (non-hydrogen) atoms. The van der Waals surface area contributed by atoms with E-state index >= 15 is 0 Å².